The predicted octanol–water partition coefficient (Wildman–Crippen LogP) is 4.63. The van der Waals surface area contributed by atoms with Gasteiger partial charge >= 0.3 is 0 Å². The predicted molar refractivity (Wildman–Crippen MR) is 114 cm³/mol. The number of amides is 1. The van der Waals surface area contributed by atoms with Crippen LogP contribution < -0.4 is 14.8 Å². The van der Waals surface area contributed by atoms with Crippen LogP contribution in [0.3, 0.4) is 0 Å². The van der Waals surface area contributed by atoms with Gasteiger partial charge in [-0.1, -0.05) is 35.5 Å². The summed E-state index contributed by atoms with van der Waals surface area (Å²) in [6.45, 7) is 1.79. The third-order valence-electron chi connectivity index (χ3n) is 4.51. The number of carbonyl (C=O) groups is 1. The molecular formula is C23H20N4O3. The van der Waals surface area contributed by atoms with Crippen molar-refractivity contribution in [3.8, 4) is 22.9 Å². The summed E-state index contributed by atoms with van der Waals surface area (Å²) in [6, 6.07) is 24.1. The van der Waals surface area contributed by atoms with Crippen LogP contribution in [-0.2, 0) is 0 Å². The van der Waals surface area contributed by atoms with E-state index in [4.69, 9.17) is 9.47 Å². The van der Waals surface area contributed by atoms with Crippen molar-refractivity contribution in [2.45, 2.75) is 6.92 Å². The molecule has 0 aliphatic rings. The fourth-order valence-corrected chi connectivity index (χ4v) is 2.99. The highest BCUT2D eigenvalue weighted by atomic mass is 16.5. The van der Waals surface area contributed by atoms with E-state index in [1.54, 1.807) is 43.0 Å². The molecule has 7 heteroatoms. The van der Waals surface area contributed by atoms with Gasteiger partial charge in [0.2, 0.25) is 0 Å². The maximum absolute atomic E-state index is 12.7. The average Bonchev–Trinajstić information content (AvgIpc) is 3.17. The number of methoxy groups -OCH3 is 1. The Morgan fingerprint density at radius 3 is 2.30 bits per heavy atom. The van der Waals surface area contributed by atoms with Crippen LogP contribution in [-0.4, -0.2) is 28.0 Å². The quantitative estimate of drug-likeness (QED) is 0.511. The van der Waals surface area contributed by atoms with Gasteiger partial charge in [-0.25, -0.2) is 4.68 Å². The molecule has 0 bridgehead atoms. The summed E-state index contributed by atoms with van der Waals surface area (Å²) in [5.41, 5.74) is 2.20. The van der Waals surface area contributed by atoms with Crippen LogP contribution in [0, 0.1) is 6.92 Å². The van der Waals surface area contributed by atoms with E-state index in [2.05, 4.69) is 15.6 Å². The molecule has 0 spiro atoms. The lowest BCUT2D eigenvalue weighted by molar-refractivity contribution is 0.102. The number of para-hydroxylation sites is 3. The van der Waals surface area contributed by atoms with Crippen LogP contribution in [0.1, 0.15) is 16.2 Å². The number of ether oxygens (including phenoxy) is 2. The van der Waals surface area contributed by atoms with Gasteiger partial charge in [0, 0.05) is 5.69 Å². The minimum absolute atomic E-state index is 0.241. The first-order valence-corrected chi connectivity index (χ1v) is 9.35. The summed E-state index contributed by atoms with van der Waals surface area (Å²) in [5.74, 6) is 1.73. The molecule has 1 amide bonds. The van der Waals surface area contributed by atoms with Crippen molar-refractivity contribution in [1.29, 1.82) is 0 Å². The van der Waals surface area contributed by atoms with Crippen molar-refractivity contribution < 1.29 is 14.3 Å². The lowest BCUT2D eigenvalue weighted by Gasteiger charge is -2.09. The van der Waals surface area contributed by atoms with E-state index in [-0.39, 0.29) is 11.6 Å². The highest BCUT2D eigenvalue weighted by Gasteiger charge is 2.19. The SMILES string of the molecule is COc1ccccc1-n1nnc(C(=O)Nc2ccc(Oc3ccccc3)cc2)c1C. The van der Waals surface area contributed by atoms with Crippen LogP contribution >= 0.6 is 0 Å². The Labute approximate surface area is 173 Å². The normalized spacial score (nSPS) is 10.5. The zero-order chi connectivity index (χ0) is 20.9. The molecule has 0 fully saturated rings. The molecule has 0 atom stereocenters. The average molecular weight is 400 g/mol. The molecule has 3 aromatic carbocycles. The summed E-state index contributed by atoms with van der Waals surface area (Å²) < 4.78 is 12.7. The largest absolute Gasteiger partial charge is 0.494 e. The molecule has 0 aliphatic carbocycles. The van der Waals surface area contributed by atoms with Crippen molar-refractivity contribution in [2.75, 3.05) is 12.4 Å². The van der Waals surface area contributed by atoms with Crippen LogP contribution in [0.4, 0.5) is 5.69 Å². The van der Waals surface area contributed by atoms with Crippen molar-refractivity contribution >= 4 is 11.6 Å². The molecule has 1 N–H and O–H groups in total. The highest BCUT2D eigenvalue weighted by molar-refractivity contribution is 6.03. The number of aromatic nitrogens is 3. The minimum Gasteiger partial charge on any atom is -0.494 e. The second-order valence-electron chi connectivity index (χ2n) is 6.50. The summed E-state index contributed by atoms with van der Waals surface area (Å²) in [7, 11) is 1.59. The van der Waals surface area contributed by atoms with Gasteiger partial charge < -0.3 is 14.8 Å². The lowest BCUT2D eigenvalue weighted by Crippen LogP contribution is -2.14. The zero-order valence-corrected chi connectivity index (χ0v) is 16.6. The fourth-order valence-electron chi connectivity index (χ4n) is 2.99. The Kier molecular flexibility index (Phi) is 5.43. The third kappa shape index (κ3) is 4.00. The van der Waals surface area contributed by atoms with Crippen LogP contribution in [0.2, 0.25) is 0 Å². The van der Waals surface area contributed by atoms with Gasteiger partial charge in [0.05, 0.1) is 12.8 Å². The Morgan fingerprint density at radius 1 is 0.900 bits per heavy atom. The lowest BCUT2D eigenvalue weighted by atomic mass is 10.2. The van der Waals surface area contributed by atoms with E-state index >= 15 is 0 Å². The maximum atomic E-state index is 12.7. The molecule has 0 aliphatic heterocycles. The molecule has 0 saturated carbocycles. The molecule has 4 rings (SSSR count). The minimum atomic E-state index is -0.342. The Balaban J connectivity index is 1.49. The Bertz CT molecular complexity index is 1150. The number of nitrogens with zero attached hydrogens (tertiary/aromatic N) is 3. The second kappa shape index (κ2) is 8.48. The molecule has 4 aromatic rings. The van der Waals surface area contributed by atoms with Crippen molar-refractivity contribution in [2.24, 2.45) is 0 Å². The Hall–Kier alpha value is -4.13. The van der Waals surface area contributed by atoms with Crippen molar-refractivity contribution in [1.82, 2.24) is 15.0 Å². The number of anilines is 1. The van der Waals surface area contributed by atoms with Gasteiger partial charge in [0.1, 0.15) is 22.9 Å². The number of benzene rings is 3. The summed E-state index contributed by atoms with van der Waals surface area (Å²) in [4.78, 5) is 12.7. The van der Waals surface area contributed by atoms with E-state index < -0.39 is 0 Å². The topological polar surface area (TPSA) is 78.3 Å². The number of rotatable bonds is 6. The van der Waals surface area contributed by atoms with Crippen molar-refractivity contribution in [3.63, 3.8) is 0 Å². The first kappa shape index (κ1) is 19.2. The van der Waals surface area contributed by atoms with Crippen LogP contribution in [0.25, 0.3) is 5.69 Å². The molecule has 1 heterocycles. The fraction of sp³-hybridized carbons (Fsp3) is 0.0870. The first-order chi connectivity index (χ1) is 14.7. The van der Waals surface area contributed by atoms with Gasteiger partial charge in [0.15, 0.2) is 5.69 Å². The first-order valence-electron chi connectivity index (χ1n) is 9.35. The van der Waals surface area contributed by atoms with Gasteiger partial charge in [-0.3, -0.25) is 4.79 Å². The van der Waals surface area contributed by atoms with E-state index in [9.17, 15) is 4.79 Å². The monoisotopic (exact) mass is 400 g/mol. The molecule has 7 nitrogen and oxygen atoms in total. The summed E-state index contributed by atoms with van der Waals surface area (Å²) >= 11 is 0. The van der Waals surface area contributed by atoms with Gasteiger partial charge in [-0.05, 0) is 55.5 Å². The van der Waals surface area contributed by atoms with E-state index in [0.29, 0.717) is 28.6 Å². The molecule has 150 valence electrons. The molecule has 0 unspecified atom stereocenters. The summed E-state index contributed by atoms with van der Waals surface area (Å²) in [5, 5.41) is 11.0. The molecule has 1 aromatic heterocycles. The Morgan fingerprint density at radius 2 is 1.57 bits per heavy atom. The molecule has 0 radical (unpaired) electrons. The van der Waals surface area contributed by atoms with Crippen molar-refractivity contribution in [3.05, 3.63) is 90.3 Å². The van der Waals surface area contributed by atoms with Crippen LogP contribution in [0.15, 0.2) is 78.9 Å². The molecule has 0 saturated heterocycles. The zero-order valence-electron chi connectivity index (χ0n) is 16.6. The maximum Gasteiger partial charge on any atom is 0.278 e. The second-order valence-corrected chi connectivity index (χ2v) is 6.50. The number of carbonyl (C=O) groups excluding carboxylic acids is 1. The van der Waals surface area contributed by atoms with E-state index in [1.807, 2.05) is 54.6 Å². The number of nitrogens with one attached hydrogen (secondary N) is 1. The standard InChI is InChI=1S/C23H20N4O3/c1-16-22(25-26-27(16)20-10-6-7-11-21(20)29-2)23(28)24-17-12-14-19(15-13-17)30-18-8-4-3-5-9-18/h3-15H,1-2H3,(H,24,28). The van der Waals surface area contributed by atoms with E-state index in [1.165, 1.54) is 0 Å². The van der Waals surface area contributed by atoms with Gasteiger partial charge in [-0.2, -0.15) is 0 Å². The van der Waals surface area contributed by atoms with Crippen LogP contribution in [0.5, 0.6) is 17.2 Å². The smallest absolute Gasteiger partial charge is 0.278 e. The highest BCUT2D eigenvalue weighted by Crippen LogP contribution is 2.25. The number of hydrogen-bond acceptors (Lipinski definition) is 5. The van der Waals surface area contributed by atoms with E-state index in [0.717, 1.165) is 5.75 Å². The third-order valence-corrected chi connectivity index (χ3v) is 4.51. The molecular weight excluding hydrogens is 380 g/mol. The van der Waals surface area contributed by atoms with Gasteiger partial charge in [0.25, 0.3) is 5.91 Å². The summed E-state index contributed by atoms with van der Waals surface area (Å²) in [6.07, 6.45) is 0. The molecule has 30 heavy (non-hydrogen) atoms. The van der Waals surface area contributed by atoms with Gasteiger partial charge in [-0.15, -0.1) is 5.10 Å². The number of hydrogen-bond donors (Lipinski definition) is 1.